The van der Waals surface area contributed by atoms with Gasteiger partial charge in [-0.2, -0.15) is 0 Å². The molecule has 110 valence electrons. The molecule has 1 aliphatic heterocycles. The third-order valence-electron chi connectivity index (χ3n) is 3.28. The van der Waals surface area contributed by atoms with Crippen LogP contribution in [0.5, 0.6) is 0 Å². The van der Waals surface area contributed by atoms with Crippen molar-refractivity contribution in [2.45, 2.75) is 13.0 Å². The first-order valence-corrected chi connectivity index (χ1v) is 7.43. The number of hydrogen-bond acceptors (Lipinski definition) is 5. The number of β-amino-alcohol motifs (C(OH)–C–C–N with tert-alkyl or cyclic N) is 1. The fourth-order valence-electron chi connectivity index (χ4n) is 2.24. The number of aliphatic hydroxyl groups is 1. The molecule has 1 aliphatic rings. The highest BCUT2D eigenvalue weighted by Gasteiger charge is 2.24. The van der Waals surface area contributed by atoms with Gasteiger partial charge in [0.15, 0.2) is 0 Å². The van der Waals surface area contributed by atoms with Crippen LogP contribution in [0.4, 0.5) is 0 Å². The number of hydrogen-bond donors (Lipinski definition) is 2. The maximum atomic E-state index is 12.3. The van der Waals surface area contributed by atoms with E-state index in [4.69, 9.17) is 5.73 Å². The number of carbonyl (C=O) groups excluding carboxylic acids is 2. The Kier molecular flexibility index (Phi) is 4.74. The quantitative estimate of drug-likeness (QED) is 0.818. The van der Waals surface area contributed by atoms with Crippen LogP contribution in [-0.4, -0.2) is 65.5 Å². The molecule has 6 nitrogen and oxygen atoms in total. The monoisotopic (exact) mass is 297 g/mol. The van der Waals surface area contributed by atoms with Gasteiger partial charge in [0.05, 0.1) is 16.5 Å². The molecule has 0 bridgehead atoms. The highest BCUT2D eigenvalue weighted by molar-refractivity contribution is 7.12. The van der Waals surface area contributed by atoms with E-state index in [0.29, 0.717) is 30.1 Å². The first-order valence-electron chi connectivity index (χ1n) is 6.55. The lowest BCUT2D eigenvalue weighted by Crippen LogP contribution is -2.50. The topological polar surface area (TPSA) is 86.9 Å². The number of amides is 2. The minimum absolute atomic E-state index is 0.0563. The molecule has 0 saturated carbocycles. The predicted octanol–water partition coefficient (Wildman–Crippen LogP) is -0.0144. The van der Waals surface area contributed by atoms with Crippen molar-refractivity contribution in [3.05, 3.63) is 21.9 Å². The van der Waals surface area contributed by atoms with Gasteiger partial charge in [0.1, 0.15) is 0 Å². The number of nitrogens with two attached hydrogens (primary N) is 1. The van der Waals surface area contributed by atoms with Gasteiger partial charge in [-0.1, -0.05) is 0 Å². The summed E-state index contributed by atoms with van der Waals surface area (Å²) in [5, 5.41) is 11.0. The van der Waals surface area contributed by atoms with Crippen LogP contribution in [0.1, 0.15) is 27.0 Å². The Hall–Kier alpha value is -1.44. The van der Waals surface area contributed by atoms with Gasteiger partial charge in [0, 0.05) is 38.1 Å². The number of thiophene rings is 1. The Labute approximate surface area is 121 Å². The Balaban J connectivity index is 1.92. The second-order valence-electron chi connectivity index (χ2n) is 5.01. The van der Waals surface area contributed by atoms with E-state index < -0.39 is 5.91 Å². The van der Waals surface area contributed by atoms with Crippen molar-refractivity contribution in [2.24, 2.45) is 5.73 Å². The van der Waals surface area contributed by atoms with Crippen LogP contribution >= 0.6 is 11.3 Å². The average Bonchev–Trinajstić information content (AvgIpc) is 2.88. The van der Waals surface area contributed by atoms with E-state index in [2.05, 4.69) is 4.90 Å². The molecule has 1 saturated heterocycles. The fraction of sp³-hybridized carbons (Fsp3) is 0.538. The normalized spacial score (nSPS) is 18.0. The molecule has 1 atom stereocenters. The summed E-state index contributed by atoms with van der Waals surface area (Å²) in [6.45, 7) is 5.17. The Bertz CT molecular complexity index is 493. The summed E-state index contributed by atoms with van der Waals surface area (Å²) in [6, 6.07) is 1.55. The maximum Gasteiger partial charge on any atom is 0.264 e. The average molecular weight is 297 g/mol. The number of piperazine rings is 1. The van der Waals surface area contributed by atoms with Crippen LogP contribution in [0, 0.1) is 0 Å². The zero-order valence-corrected chi connectivity index (χ0v) is 12.2. The van der Waals surface area contributed by atoms with Gasteiger partial charge in [0.2, 0.25) is 5.91 Å². The zero-order chi connectivity index (χ0) is 14.7. The van der Waals surface area contributed by atoms with Crippen LogP contribution in [-0.2, 0) is 0 Å². The van der Waals surface area contributed by atoms with Gasteiger partial charge in [-0.25, -0.2) is 0 Å². The molecular formula is C13H19N3O3S. The molecule has 1 aromatic rings. The summed E-state index contributed by atoms with van der Waals surface area (Å²) in [6.07, 6.45) is -0.354. The molecular weight excluding hydrogens is 278 g/mol. The van der Waals surface area contributed by atoms with Gasteiger partial charge in [-0.3, -0.25) is 14.5 Å². The molecule has 2 amide bonds. The van der Waals surface area contributed by atoms with Gasteiger partial charge >= 0.3 is 0 Å². The third kappa shape index (κ3) is 3.56. The van der Waals surface area contributed by atoms with Gasteiger partial charge in [-0.05, 0) is 13.0 Å². The highest BCUT2D eigenvalue weighted by Crippen LogP contribution is 2.17. The molecule has 1 unspecified atom stereocenters. The Morgan fingerprint density at radius 2 is 2.05 bits per heavy atom. The van der Waals surface area contributed by atoms with Crippen LogP contribution in [0.25, 0.3) is 0 Å². The van der Waals surface area contributed by atoms with Crippen molar-refractivity contribution >= 4 is 23.2 Å². The summed E-state index contributed by atoms with van der Waals surface area (Å²) in [5.74, 6) is -0.568. The lowest BCUT2D eigenvalue weighted by molar-refractivity contribution is 0.0558. The molecule has 2 rings (SSSR count). The van der Waals surface area contributed by atoms with E-state index in [1.807, 2.05) is 0 Å². The van der Waals surface area contributed by atoms with E-state index in [-0.39, 0.29) is 12.0 Å². The van der Waals surface area contributed by atoms with Crippen molar-refractivity contribution in [3.63, 3.8) is 0 Å². The van der Waals surface area contributed by atoms with E-state index in [9.17, 15) is 14.7 Å². The van der Waals surface area contributed by atoms with Crippen molar-refractivity contribution < 1.29 is 14.7 Å². The maximum absolute atomic E-state index is 12.3. The standard InChI is InChI=1S/C13H19N3O3S/c1-9(17)7-15-2-4-16(5-3-15)13(19)11-6-10(8-20-11)12(14)18/h6,8-9,17H,2-5,7H2,1H3,(H2,14,18). The molecule has 2 heterocycles. The Morgan fingerprint density at radius 3 is 2.55 bits per heavy atom. The lowest BCUT2D eigenvalue weighted by atomic mass is 10.2. The molecule has 0 spiro atoms. The second kappa shape index (κ2) is 6.34. The minimum Gasteiger partial charge on any atom is -0.392 e. The zero-order valence-electron chi connectivity index (χ0n) is 11.4. The Morgan fingerprint density at radius 1 is 1.40 bits per heavy atom. The minimum atomic E-state index is -0.512. The van der Waals surface area contributed by atoms with Crippen LogP contribution < -0.4 is 5.73 Å². The molecule has 3 N–H and O–H groups in total. The van der Waals surface area contributed by atoms with Crippen molar-refractivity contribution in [3.8, 4) is 0 Å². The second-order valence-corrected chi connectivity index (χ2v) is 5.92. The van der Waals surface area contributed by atoms with Crippen LogP contribution in [0.15, 0.2) is 11.4 Å². The van der Waals surface area contributed by atoms with Crippen LogP contribution in [0.2, 0.25) is 0 Å². The third-order valence-corrected chi connectivity index (χ3v) is 4.19. The lowest BCUT2D eigenvalue weighted by Gasteiger charge is -2.35. The smallest absolute Gasteiger partial charge is 0.264 e. The molecule has 20 heavy (non-hydrogen) atoms. The molecule has 0 aliphatic carbocycles. The van der Waals surface area contributed by atoms with Gasteiger partial charge in [0.25, 0.3) is 5.91 Å². The summed E-state index contributed by atoms with van der Waals surface area (Å²) >= 11 is 1.25. The fourth-order valence-corrected chi connectivity index (χ4v) is 3.10. The van der Waals surface area contributed by atoms with E-state index >= 15 is 0 Å². The van der Waals surface area contributed by atoms with Crippen molar-refractivity contribution in [2.75, 3.05) is 32.7 Å². The highest BCUT2D eigenvalue weighted by atomic mass is 32.1. The largest absolute Gasteiger partial charge is 0.392 e. The van der Waals surface area contributed by atoms with Gasteiger partial charge in [-0.15, -0.1) is 11.3 Å². The number of carbonyl (C=O) groups is 2. The summed E-state index contributed by atoms with van der Waals surface area (Å²) in [7, 11) is 0. The number of primary amides is 1. The predicted molar refractivity (Wildman–Crippen MR) is 76.9 cm³/mol. The number of rotatable bonds is 4. The molecule has 0 aromatic carbocycles. The molecule has 1 fully saturated rings. The summed E-state index contributed by atoms with van der Waals surface area (Å²) < 4.78 is 0. The molecule has 0 radical (unpaired) electrons. The SMILES string of the molecule is CC(O)CN1CCN(C(=O)c2cc(C(N)=O)cs2)CC1. The molecule has 1 aromatic heterocycles. The first kappa shape index (κ1) is 15.0. The first-order chi connectivity index (χ1) is 9.47. The van der Waals surface area contributed by atoms with E-state index in [0.717, 1.165) is 13.1 Å². The van der Waals surface area contributed by atoms with E-state index in [1.54, 1.807) is 23.3 Å². The van der Waals surface area contributed by atoms with Gasteiger partial charge < -0.3 is 15.7 Å². The molecule has 7 heteroatoms. The van der Waals surface area contributed by atoms with E-state index in [1.165, 1.54) is 11.3 Å². The summed E-state index contributed by atoms with van der Waals surface area (Å²) in [4.78, 5) is 27.8. The number of nitrogens with zero attached hydrogens (tertiary/aromatic N) is 2. The number of aliphatic hydroxyl groups excluding tert-OH is 1. The summed E-state index contributed by atoms with van der Waals surface area (Å²) in [5.41, 5.74) is 5.56. The van der Waals surface area contributed by atoms with Crippen LogP contribution in [0.3, 0.4) is 0 Å². The van der Waals surface area contributed by atoms with Crippen molar-refractivity contribution in [1.82, 2.24) is 9.80 Å². The van der Waals surface area contributed by atoms with Crippen molar-refractivity contribution in [1.29, 1.82) is 0 Å².